The van der Waals surface area contributed by atoms with E-state index in [0.29, 0.717) is 11.2 Å². The maximum Gasteiger partial charge on any atom is 0.243 e. The minimum absolute atomic E-state index is 0.165. The first kappa shape index (κ1) is 12.2. The quantitative estimate of drug-likeness (QED) is 0.732. The molecule has 0 bridgehead atoms. The number of amides is 1. The molecule has 0 aromatic heterocycles. The molecule has 3 nitrogen and oxygen atoms in total. The number of carbonyl (C=O) groups is 1. The molecular formula is C12H22N2OS. The largest absolute Gasteiger partial charge is 0.339 e. The molecule has 2 fully saturated rings. The van der Waals surface area contributed by atoms with E-state index in [4.69, 9.17) is 0 Å². The van der Waals surface area contributed by atoms with Gasteiger partial charge in [0.1, 0.15) is 5.54 Å². The van der Waals surface area contributed by atoms with Gasteiger partial charge in [-0.15, -0.1) is 0 Å². The summed E-state index contributed by atoms with van der Waals surface area (Å²) in [4.78, 5) is 16.8. The van der Waals surface area contributed by atoms with E-state index in [2.05, 4.69) is 16.7 Å². The van der Waals surface area contributed by atoms with Gasteiger partial charge in [-0.05, 0) is 33.4 Å². The van der Waals surface area contributed by atoms with E-state index in [0.717, 1.165) is 31.7 Å². The van der Waals surface area contributed by atoms with Crippen LogP contribution in [0.4, 0.5) is 0 Å². The molecule has 1 saturated heterocycles. The fraction of sp³-hybridized carbons (Fsp3) is 0.917. The van der Waals surface area contributed by atoms with Crippen molar-refractivity contribution < 1.29 is 4.79 Å². The summed E-state index contributed by atoms with van der Waals surface area (Å²) in [7, 11) is 4.08. The van der Waals surface area contributed by atoms with Crippen LogP contribution >= 0.6 is 11.8 Å². The molecule has 0 radical (unpaired) electrons. The van der Waals surface area contributed by atoms with Crippen LogP contribution in [0.25, 0.3) is 0 Å². The summed E-state index contributed by atoms with van der Waals surface area (Å²) in [6.45, 7) is 4.08. The molecule has 92 valence electrons. The summed E-state index contributed by atoms with van der Waals surface area (Å²) < 4.78 is 0. The summed E-state index contributed by atoms with van der Waals surface area (Å²) >= 11 is 1.98. The minimum Gasteiger partial charge on any atom is -0.339 e. The summed E-state index contributed by atoms with van der Waals surface area (Å²) in [5.74, 6) is 1.46. The molecule has 0 N–H and O–H groups in total. The first-order chi connectivity index (χ1) is 7.56. The van der Waals surface area contributed by atoms with Gasteiger partial charge in [0.25, 0.3) is 0 Å². The van der Waals surface area contributed by atoms with Gasteiger partial charge >= 0.3 is 0 Å². The van der Waals surface area contributed by atoms with E-state index in [1.54, 1.807) is 0 Å². The van der Waals surface area contributed by atoms with Gasteiger partial charge in [0, 0.05) is 24.1 Å². The molecule has 16 heavy (non-hydrogen) atoms. The Morgan fingerprint density at radius 3 is 2.56 bits per heavy atom. The Bertz CT molecular complexity index is 276. The molecule has 1 aliphatic heterocycles. The highest BCUT2D eigenvalue weighted by Gasteiger charge is 2.48. The van der Waals surface area contributed by atoms with Gasteiger partial charge < -0.3 is 4.90 Å². The van der Waals surface area contributed by atoms with Crippen LogP contribution in [0.15, 0.2) is 0 Å². The molecule has 2 rings (SSSR count). The van der Waals surface area contributed by atoms with E-state index >= 15 is 0 Å². The molecule has 1 unspecified atom stereocenters. The lowest BCUT2D eigenvalue weighted by atomic mass is 9.74. The zero-order valence-electron chi connectivity index (χ0n) is 10.5. The van der Waals surface area contributed by atoms with E-state index in [1.165, 1.54) is 6.42 Å². The molecule has 1 amide bonds. The Morgan fingerprint density at radius 2 is 2.12 bits per heavy atom. The van der Waals surface area contributed by atoms with Crippen LogP contribution in [0.3, 0.4) is 0 Å². The monoisotopic (exact) mass is 242 g/mol. The van der Waals surface area contributed by atoms with Crippen LogP contribution in [0.1, 0.15) is 26.2 Å². The van der Waals surface area contributed by atoms with Crippen molar-refractivity contribution >= 4 is 17.7 Å². The molecular weight excluding hydrogens is 220 g/mol. The molecule has 4 heteroatoms. The van der Waals surface area contributed by atoms with Crippen LogP contribution < -0.4 is 0 Å². The number of hydrogen-bond acceptors (Lipinski definition) is 3. The Hall–Kier alpha value is -0.220. The number of nitrogens with zero attached hydrogens (tertiary/aromatic N) is 2. The van der Waals surface area contributed by atoms with Gasteiger partial charge in [0.05, 0.1) is 0 Å². The van der Waals surface area contributed by atoms with Gasteiger partial charge in [0.15, 0.2) is 0 Å². The van der Waals surface area contributed by atoms with Gasteiger partial charge in [-0.25, -0.2) is 0 Å². The SMILES string of the molecule is CC1CN(C(=O)C2(N(C)C)CCC2)CCS1. The molecule has 1 heterocycles. The predicted octanol–water partition coefficient (Wildman–Crippen LogP) is 1.43. The fourth-order valence-electron chi connectivity index (χ4n) is 2.66. The van der Waals surface area contributed by atoms with Crippen molar-refractivity contribution in [2.24, 2.45) is 0 Å². The van der Waals surface area contributed by atoms with Crippen molar-refractivity contribution in [2.75, 3.05) is 32.9 Å². The van der Waals surface area contributed by atoms with Gasteiger partial charge in [-0.3, -0.25) is 9.69 Å². The number of hydrogen-bond donors (Lipinski definition) is 0. The Balaban J connectivity index is 2.05. The average molecular weight is 242 g/mol. The third-order valence-corrected chi connectivity index (χ3v) is 5.10. The zero-order chi connectivity index (χ0) is 11.8. The summed E-state index contributed by atoms with van der Waals surface area (Å²) in [6.07, 6.45) is 3.27. The smallest absolute Gasteiger partial charge is 0.243 e. The standard InChI is InChI=1S/C12H22N2OS/c1-10-9-14(7-8-16-10)11(15)12(13(2)3)5-4-6-12/h10H,4-9H2,1-3H3. The van der Waals surface area contributed by atoms with Crippen molar-refractivity contribution in [1.82, 2.24) is 9.80 Å². The normalized spacial score (nSPS) is 29.0. The van der Waals surface area contributed by atoms with Crippen LogP contribution in [0.5, 0.6) is 0 Å². The van der Waals surface area contributed by atoms with Gasteiger partial charge in [-0.1, -0.05) is 6.92 Å². The number of rotatable bonds is 2. The number of carbonyl (C=O) groups excluding carboxylic acids is 1. The number of likely N-dealkylation sites (N-methyl/N-ethyl adjacent to an activating group) is 1. The lowest BCUT2D eigenvalue weighted by molar-refractivity contribution is -0.148. The van der Waals surface area contributed by atoms with Crippen molar-refractivity contribution in [1.29, 1.82) is 0 Å². The van der Waals surface area contributed by atoms with Crippen molar-refractivity contribution in [3.63, 3.8) is 0 Å². The molecule has 0 aromatic rings. The third-order valence-electron chi connectivity index (χ3n) is 3.96. The van der Waals surface area contributed by atoms with Crippen LogP contribution in [-0.4, -0.2) is 59.4 Å². The summed E-state index contributed by atoms with van der Waals surface area (Å²) in [5, 5.41) is 0.594. The van der Waals surface area contributed by atoms with Crippen molar-refractivity contribution in [3.05, 3.63) is 0 Å². The molecule has 0 spiro atoms. The first-order valence-electron chi connectivity index (χ1n) is 6.15. The first-order valence-corrected chi connectivity index (χ1v) is 7.19. The highest BCUT2D eigenvalue weighted by atomic mass is 32.2. The fourth-order valence-corrected chi connectivity index (χ4v) is 3.67. The van der Waals surface area contributed by atoms with E-state index in [-0.39, 0.29) is 5.54 Å². The maximum atomic E-state index is 12.6. The average Bonchev–Trinajstić information content (AvgIpc) is 2.15. The van der Waals surface area contributed by atoms with Crippen LogP contribution in [0.2, 0.25) is 0 Å². The summed E-state index contributed by atoms with van der Waals surface area (Å²) in [6, 6.07) is 0. The molecule has 1 aliphatic carbocycles. The number of thioether (sulfide) groups is 1. The Kier molecular flexibility index (Phi) is 3.50. The van der Waals surface area contributed by atoms with Gasteiger partial charge in [0.2, 0.25) is 5.91 Å². The lowest BCUT2D eigenvalue weighted by Gasteiger charge is -2.49. The second-order valence-electron chi connectivity index (χ2n) is 5.21. The van der Waals surface area contributed by atoms with E-state index < -0.39 is 0 Å². The van der Waals surface area contributed by atoms with Crippen molar-refractivity contribution in [2.45, 2.75) is 37.0 Å². The molecule has 2 aliphatic rings. The highest BCUT2D eigenvalue weighted by Crippen LogP contribution is 2.38. The topological polar surface area (TPSA) is 23.6 Å². The van der Waals surface area contributed by atoms with Crippen LogP contribution in [-0.2, 0) is 4.79 Å². The second-order valence-corrected chi connectivity index (χ2v) is 6.76. The second kappa shape index (κ2) is 4.57. The summed E-state index contributed by atoms with van der Waals surface area (Å²) in [5.41, 5.74) is -0.165. The Labute approximate surface area is 103 Å². The highest BCUT2D eigenvalue weighted by molar-refractivity contribution is 7.99. The van der Waals surface area contributed by atoms with Crippen molar-refractivity contribution in [3.8, 4) is 0 Å². The molecule has 0 aromatic carbocycles. The zero-order valence-corrected chi connectivity index (χ0v) is 11.3. The minimum atomic E-state index is -0.165. The van der Waals surface area contributed by atoms with E-state index in [9.17, 15) is 4.79 Å². The lowest BCUT2D eigenvalue weighted by Crippen LogP contribution is -2.62. The van der Waals surface area contributed by atoms with Crippen LogP contribution in [0, 0.1) is 0 Å². The van der Waals surface area contributed by atoms with E-state index in [1.807, 2.05) is 25.9 Å². The Morgan fingerprint density at radius 1 is 1.44 bits per heavy atom. The predicted molar refractivity (Wildman–Crippen MR) is 68.8 cm³/mol. The maximum absolute atomic E-state index is 12.6. The molecule has 1 atom stereocenters. The molecule has 1 saturated carbocycles. The van der Waals surface area contributed by atoms with Gasteiger partial charge in [-0.2, -0.15) is 11.8 Å². The third kappa shape index (κ3) is 1.97.